The van der Waals surface area contributed by atoms with Gasteiger partial charge in [-0.2, -0.15) is 0 Å². The molecule has 1 heterocycles. The van der Waals surface area contributed by atoms with Gasteiger partial charge in [0.25, 0.3) is 0 Å². The fraction of sp³-hybridized carbons (Fsp3) is 0.818. The molecule has 0 aliphatic carbocycles. The molecule has 3 N–H and O–H groups in total. The second-order valence-corrected chi connectivity index (χ2v) is 5.07. The lowest BCUT2D eigenvalue weighted by Crippen LogP contribution is -2.45. The van der Waals surface area contributed by atoms with Crippen molar-refractivity contribution < 1.29 is 14.7 Å². The zero-order valence-electron chi connectivity index (χ0n) is 9.88. The van der Waals surface area contributed by atoms with Crippen LogP contribution in [0.3, 0.4) is 0 Å². The molecule has 0 radical (unpaired) electrons. The average molecular weight is 228 g/mol. The number of nitrogens with one attached hydrogen (secondary N) is 2. The summed E-state index contributed by atoms with van der Waals surface area (Å²) in [7, 11) is 0. The Bertz CT molecular complexity index is 270. The molecule has 1 rings (SSSR count). The van der Waals surface area contributed by atoms with Gasteiger partial charge < -0.3 is 15.7 Å². The van der Waals surface area contributed by atoms with Crippen LogP contribution in [0.25, 0.3) is 0 Å². The highest BCUT2D eigenvalue weighted by Gasteiger charge is 2.25. The molecule has 0 aromatic carbocycles. The molecule has 1 amide bonds. The number of amides is 1. The fourth-order valence-electron chi connectivity index (χ4n) is 2.00. The monoisotopic (exact) mass is 228 g/mol. The van der Waals surface area contributed by atoms with Gasteiger partial charge in [-0.15, -0.1) is 0 Å². The van der Waals surface area contributed by atoms with Gasteiger partial charge in [0.15, 0.2) is 0 Å². The van der Waals surface area contributed by atoms with E-state index in [-0.39, 0.29) is 12.3 Å². The number of carbonyl (C=O) groups is 2. The lowest BCUT2D eigenvalue weighted by molar-refractivity contribution is -0.138. The summed E-state index contributed by atoms with van der Waals surface area (Å²) in [5.74, 6) is -0.562. The summed E-state index contributed by atoms with van der Waals surface area (Å²) >= 11 is 0. The summed E-state index contributed by atoms with van der Waals surface area (Å²) in [6.07, 6.45) is 1.45. The van der Waals surface area contributed by atoms with E-state index in [1.165, 1.54) is 0 Å². The molecule has 0 spiro atoms. The standard InChI is InChI=1S/C11H20N2O3/c1-11(2,6-10(15)16)13-9(14)5-8-3-4-12-7-8/h8,12H,3-7H2,1-2H3,(H,13,14)(H,15,16). The first-order chi connectivity index (χ1) is 7.39. The third kappa shape index (κ3) is 4.61. The predicted molar refractivity (Wildman–Crippen MR) is 60.1 cm³/mol. The number of aliphatic carboxylic acids is 1. The van der Waals surface area contributed by atoms with Gasteiger partial charge in [0.2, 0.25) is 5.91 Å². The first-order valence-corrected chi connectivity index (χ1v) is 5.62. The maximum absolute atomic E-state index is 11.7. The normalized spacial score (nSPS) is 20.8. The van der Waals surface area contributed by atoms with Crippen LogP contribution in [0, 0.1) is 5.92 Å². The van der Waals surface area contributed by atoms with Crippen molar-refractivity contribution in [2.75, 3.05) is 13.1 Å². The smallest absolute Gasteiger partial charge is 0.305 e. The minimum atomic E-state index is -0.896. The molecule has 1 aliphatic rings. The summed E-state index contributed by atoms with van der Waals surface area (Å²) in [5, 5.41) is 14.7. The van der Waals surface area contributed by atoms with Crippen molar-refractivity contribution in [3.8, 4) is 0 Å². The van der Waals surface area contributed by atoms with E-state index in [9.17, 15) is 9.59 Å². The highest BCUT2D eigenvalue weighted by Crippen LogP contribution is 2.14. The topological polar surface area (TPSA) is 78.4 Å². The molecule has 0 saturated carbocycles. The molecule has 1 unspecified atom stereocenters. The molecule has 5 heteroatoms. The molecule has 1 aliphatic heterocycles. The van der Waals surface area contributed by atoms with Crippen LogP contribution in [0.4, 0.5) is 0 Å². The van der Waals surface area contributed by atoms with Crippen molar-refractivity contribution in [2.45, 2.75) is 38.6 Å². The van der Waals surface area contributed by atoms with Crippen LogP contribution < -0.4 is 10.6 Å². The molecule has 0 aromatic rings. The Kier molecular flexibility index (Phi) is 4.29. The molecule has 0 bridgehead atoms. The van der Waals surface area contributed by atoms with Gasteiger partial charge in [-0.1, -0.05) is 0 Å². The maximum atomic E-state index is 11.7. The van der Waals surface area contributed by atoms with E-state index in [2.05, 4.69) is 10.6 Å². The van der Waals surface area contributed by atoms with Crippen LogP contribution in [0.15, 0.2) is 0 Å². The lowest BCUT2D eigenvalue weighted by Gasteiger charge is -2.25. The largest absolute Gasteiger partial charge is 0.481 e. The quantitative estimate of drug-likeness (QED) is 0.634. The second-order valence-electron chi connectivity index (χ2n) is 5.07. The first-order valence-electron chi connectivity index (χ1n) is 5.62. The Balaban J connectivity index is 2.34. The van der Waals surface area contributed by atoms with Gasteiger partial charge >= 0.3 is 5.97 Å². The van der Waals surface area contributed by atoms with E-state index >= 15 is 0 Å². The zero-order chi connectivity index (χ0) is 12.2. The highest BCUT2D eigenvalue weighted by atomic mass is 16.4. The van der Waals surface area contributed by atoms with Gasteiger partial charge in [-0.25, -0.2) is 0 Å². The van der Waals surface area contributed by atoms with Crippen molar-refractivity contribution in [3.63, 3.8) is 0 Å². The lowest BCUT2D eigenvalue weighted by atomic mass is 9.98. The van der Waals surface area contributed by atoms with Crippen LogP contribution in [-0.4, -0.2) is 35.6 Å². The molecule has 0 aromatic heterocycles. The van der Waals surface area contributed by atoms with Gasteiger partial charge in [-0.05, 0) is 39.3 Å². The fourth-order valence-corrected chi connectivity index (χ4v) is 2.00. The summed E-state index contributed by atoms with van der Waals surface area (Å²) in [5.41, 5.74) is -0.672. The van der Waals surface area contributed by atoms with Crippen molar-refractivity contribution in [1.82, 2.24) is 10.6 Å². The zero-order valence-corrected chi connectivity index (χ0v) is 9.88. The van der Waals surface area contributed by atoms with Crippen molar-refractivity contribution >= 4 is 11.9 Å². The molecular formula is C11H20N2O3. The summed E-state index contributed by atoms with van der Waals surface area (Å²) in [6, 6.07) is 0. The minimum absolute atomic E-state index is 0.0539. The Labute approximate surface area is 95.6 Å². The van der Waals surface area contributed by atoms with E-state index in [0.717, 1.165) is 19.5 Å². The van der Waals surface area contributed by atoms with Crippen molar-refractivity contribution in [2.24, 2.45) is 5.92 Å². The summed E-state index contributed by atoms with van der Waals surface area (Å²) in [6.45, 7) is 5.31. The highest BCUT2D eigenvalue weighted by molar-refractivity contribution is 5.78. The second kappa shape index (κ2) is 5.30. The number of hydrogen-bond donors (Lipinski definition) is 3. The van der Waals surface area contributed by atoms with Gasteiger partial charge in [0, 0.05) is 12.0 Å². The van der Waals surface area contributed by atoms with Gasteiger partial charge in [0.05, 0.1) is 6.42 Å². The molecule has 16 heavy (non-hydrogen) atoms. The minimum Gasteiger partial charge on any atom is -0.481 e. The summed E-state index contributed by atoms with van der Waals surface area (Å²) in [4.78, 5) is 22.2. The third-order valence-electron chi connectivity index (χ3n) is 2.71. The molecule has 1 saturated heterocycles. The van der Waals surface area contributed by atoms with E-state index < -0.39 is 11.5 Å². The van der Waals surface area contributed by atoms with E-state index in [4.69, 9.17) is 5.11 Å². The Hall–Kier alpha value is -1.10. The SMILES string of the molecule is CC(C)(CC(=O)O)NC(=O)CC1CCNC1. The van der Waals surface area contributed by atoms with Crippen LogP contribution in [0.5, 0.6) is 0 Å². The van der Waals surface area contributed by atoms with Crippen molar-refractivity contribution in [1.29, 1.82) is 0 Å². The van der Waals surface area contributed by atoms with Gasteiger partial charge in [0.1, 0.15) is 0 Å². The van der Waals surface area contributed by atoms with Crippen LogP contribution in [0.2, 0.25) is 0 Å². The third-order valence-corrected chi connectivity index (χ3v) is 2.71. The predicted octanol–water partition coefficient (Wildman–Crippen LogP) is 0.356. The van der Waals surface area contributed by atoms with Crippen molar-refractivity contribution in [3.05, 3.63) is 0 Å². The Morgan fingerprint density at radius 2 is 2.19 bits per heavy atom. The molecule has 92 valence electrons. The van der Waals surface area contributed by atoms with Gasteiger partial charge in [-0.3, -0.25) is 9.59 Å². The molecule has 1 fully saturated rings. The van der Waals surface area contributed by atoms with E-state index in [1.807, 2.05) is 0 Å². The van der Waals surface area contributed by atoms with Crippen LogP contribution in [-0.2, 0) is 9.59 Å². The van der Waals surface area contributed by atoms with E-state index in [0.29, 0.717) is 12.3 Å². The molecular weight excluding hydrogens is 208 g/mol. The van der Waals surface area contributed by atoms with Crippen LogP contribution >= 0.6 is 0 Å². The number of carboxylic acid groups (broad SMARTS) is 1. The first kappa shape index (κ1) is 13.0. The Morgan fingerprint density at radius 1 is 1.50 bits per heavy atom. The number of carboxylic acids is 1. The van der Waals surface area contributed by atoms with Crippen LogP contribution in [0.1, 0.15) is 33.1 Å². The number of rotatable bonds is 5. The maximum Gasteiger partial charge on any atom is 0.305 e. The molecule has 5 nitrogen and oxygen atoms in total. The molecule has 1 atom stereocenters. The summed E-state index contributed by atoms with van der Waals surface area (Å²) < 4.78 is 0. The number of hydrogen-bond acceptors (Lipinski definition) is 3. The number of carbonyl (C=O) groups excluding carboxylic acids is 1. The average Bonchev–Trinajstić information content (AvgIpc) is 2.51. The van der Waals surface area contributed by atoms with E-state index in [1.54, 1.807) is 13.8 Å². The Morgan fingerprint density at radius 3 is 2.69 bits per heavy atom.